The van der Waals surface area contributed by atoms with Gasteiger partial charge in [-0.2, -0.15) is 0 Å². The molecule has 1 aliphatic heterocycles. The normalized spacial score (nSPS) is 29.3. The molecular weight excluding hydrogens is 195 g/mol. The summed E-state index contributed by atoms with van der Waals surface area (Å²) in [5, 5.41) is 0. The van der Waals surface area contributed by atoms with E-state index in [4.69, 9.17) is 9.47 Å². The fraction of sp³-hybridized carbons (Fsp3) is 0.417. The van der Waals surface area contributed by atoms with Crippen molar-refractivity contribution in [3.8, 4) is 0 Å². The first-order chi connectivity index (χ1) is 6.99. The number of benzene rings is 1. The van der Waals surface area contributed by atoms with Gasteiger partial charge in [0, 0.05) is 5.56 Å². The van der Waals surface area contributed by atoms with E-state index in [2.05, 4.69) is 6.92 Å². The quantitative estimate of drug-likeness (QED) is 0.708. The lowest BCUT2D eigenvalue weighted by molar-refractivity contribution is -0.144. The maximum Gasteiger partial charge on any atom is 0.164 e. The van der Waals surface area contributed by atoms with Crippen LogP contribution in [0.3, 0.4) is 0 Å². The molecule has 81 valence electrons. The number of rotatable bonds is 1. The lowest BCUT2D eigenvalue weighted by atomic mass is 10.1. The van der Waals surface area contributed by atoms with Crippen LogP contribution in [0, 0.1) is 12.7 Å². The maximum atomic E-state index is 13.5. The first-order valence-electron chi connectivity index (χ1n) is 4.93. The van der Waals surface area contributed by atoms with Gasteiger partial charge in [-0.1, -0.05) is 18.2 Å². The monoisotopic (exact) mass is 209 g/mol. The summed E-state index contributed by atoms with van der Waals surface area (Å²) in [4.78, 5) is 0. The highest BCUT2D eigenvalue weighted by atomic mass is 19.1. The third kappa shape index (κ3) is 2.03. The van der Waals surface area contributed by atoms with E-state index in [0.29, 0.717) is 5.56 Å². The number of ether oxygens (including phenoxy) is 2. The molecule has 2 atom stereocenters. The average molecular weight is 209 g/mol. The zero-order chi connectivity index (χ0) is 11.1. The summed E-state index contributed by atoms with van der Waals surface area (Å²) >= 11 is 0. The molecule has 15 heavy (non-hydrogen) atoms. The van der Waals surface area contributed by atoms with Crippen LogP contribution in [0.2, 0.25) is 0 Å². The van der Waals surface area contributed by atoms with Crippen LogP contribution in [-0.4, -0.2) is 11.9 Å². The standard InChI is InChI=1S/C12H14FO2/c1-8-11(15-12(2,3)14-8)9-6-4-5-7-10(9)13/h4-8,11H,1H2,2-3H3/t8-,11+/m0/s1. The van der Waals surface area contributed by atoms with E-state index >= 15 is 0 Å². The molecular formula is C12H14FO2. The van der Waals surface area contributed by atoms with Crippen molar-refractivity contribution in [2.24, 2.45) is 0 Å². The molecule has 0 unspecified atom stereocenters. The van der Waals surface area contributed by atoms with Crippen LogP contribution < -0.4 is 0 Å². The second-order valence-corrected chi connectivity index (χ2v) is 4.12. The minimum absolute atomic E-state index is 0.280. The molecule has 2 rings (SSSR count). The summed E-state index contributed by atoms with van der Waals surface area (Å²) in [5.74, 6) is -0.975. The summed E-state index contributed by atoms with van der Waals surface area (Å²) in [7, 11) is 0. The predicted molar refractivity (Wildman–Crippen MR) is 54.5 cm³/mol. The molecule has 3 heteroatoms. The van der Waals surface area contributed by atoms with E-state index in [1.165, 1.54) is 6.07 Å². The molecule has 0 saturated carbocycles. The van der Waals surface area contributed by atoms with Crippen molar-refractivity contribution in [2.75, 3.05) is 0 Å². The third-order valence-electron chi connectivity index (χ3n) is 2.40. The zero-order valence-corrected chi connectivity index (χ0v) is 8.87. The van der Waals surface area contributed by atoms with E-state index in [-0.39, 0.29) is 11.9 Å². The summed E-state index contributed by atoms with van der Waals surface area (Å²) in [6, 6.07) is 6.54. The molecule has 0 spiro atoms. The molecule has 0 aliphatic carbocycles. The summed E-state index contributed by atoms with van der Waals surface area (Å²) in [5.41, 5.74) is 0.503. The highest BCUT2D eigenvalue weighted by Crippen LogP contribution is 2.38. The molecule has 1 saturated heterocycles. The first kappa shape index (κ1) is 10.6. The third-order valence-corrected chi connectivity index (χ3v) is 2.40. The van der Waals surface area contributed by atoms with Crippen molar-refractivity contribution >= 4 is 0 Å². The van der Waals surface area contributed by atoms with Gasteiger partial charge in [0.15, 0.2) is 5.79 Å². The van der Waals surface area contributed by atoms with Gasteiger partial charge in [-0.15, -0.1) is 0 Å². The Morgan fingerprint density at radius 3 is 2.47 bits per heavy atom. The second kappa shape index (κ2) is 3.58. The van der Waals surface area contributed by atoms with Gasteiger partial charge in [-0.3, -0.25) is 0 Å². The van der Waals surface area contributed by atoms with Gasteiger partial charge < -0.3 is 9.47 Å². The molecule has 0 amide bonds. The molecule has 0 N–H and O–H groups in total. The van der Waals surface area contributed by atoms with Crippen molar-refractivity contribution in [3.05, 3.63) is 42.6 Å². The molecule has 1 aromatic rings. The summed E-state index contributed by atoms with van der Waals surface area (Å²) in [6.45, 7) is 7.41. The van der Waals surface area contributed by atoms with Crippen molar-refractivity contribution in [1.29, 1.82) is 0 Å². The van der Waals surface area contributed by atoms with Gasteiger partial charge in [0.05, 0.1) is 6.10 Å². The van der Waals surface area contributed by atoms with E-state index in [0.717, 1.165) is 0 Å². The van der Waals surface area contributed by atoms with Gasteiger partial charge in [-0.25, -0.2) is 4.39 Å². The average Bonchev–Trinajstić information content (AvgIpc) is 2.40. The van der Waals surface area contributed by atoms with Crippen LogP contribution >= 0.6 is 0 Å². The van der Waals surface area contributed by atoms with Gasteiger partial charge >= 0.3 is 0 Å². The smallest absolute Gasteiger partial charge is 0.164 e. The first-order valence-corrected chi connectivity index (χ1v) is 4.93. The van der Waals surface area contributed by atoms with Crippen LogP contribution in [-0.2, 0) is 9.47 Å². The summed E-state index contributed by atoms with van der Waals surface area (Å²) in [6.07, 6.45) is -0.807. The minimum Gasteiger partial charge on any atom is -0.344 e. The Bertz CT molecular complexity index is 362. The molecule has 2 nitrogen and oxygen atoms in total. The lowest BCUT2D eigenvalue weighted by Crippen LogP contribution is -2.20. The highest BCUT2D eigenvalue weighted by Gasteiger charge is 2.40. The topological polar surface area (TPSA) is 18.5 Å². The molecule has 1 radical (unpaired) electrons. The fourth-order valence-electron chi connectivity index (χ4n) is 1.81. The van der Waals surface area contributed by atoms with Crippen molar-refractivity contribution in [1.82, 2.24) is 0 Å². The Balaban J connectivity index is 2.29. The van der Waals surface area contributed by atoms with Gasteiger partial charge in [0.25, 0.3) is 0 Å². The van der Waals surface area contributed by atoms with Gasteiger partial charge in [0.1, 0.15) is 11.9 Å². The second-order valence-electron chi connectivity index (χ2n) is 4.12. The van der Waals surface area contributed by atoms with Crippen molar-refractivity contribution < 1.29 is 13.9 Å². The molecule has 0 bridgehead atoms. The highest BCUT2D eigenvalue weighted by molar-refractivity contribution is 5.22. The van der Waals surface area contributed by atoms with Crippen LogP contribution in [0.15, 0.2) is 24.3 Å². The summed E-state index contributed by atoms with van der Waals surface area (Å²) < 4.78 is 24.6. The van der Waals surface area contributed by atoms with E-state index in [1.807, 2.05) is 0 Å². The van der Waals surface area contributed by atoms with E-state index in [9.17, 15) is 4.39 Å². The number of halogens is 1. The van der Waals surface area contributed by atoms with Crippen LogP contribution in [0.5, 0.6) is 0 Å². The maximum absolute atomic E-state index is 13.5. The van der Waals surface area contributed by atoms with Crippen LogP contribution in [0.4, 0.5) is 4.39 Å². The van der Waals surface area contributed by atoms with E-state index in [1.54, 1.807) is 32.0 Å². The van der Waals surface area contributed by atoms with E-state index < -0.39 is 11.9 Å². The Morgan fingerprint density at radius 2 is 1.93 bits per heavy atom. The SMILES string of the molecule is [CH2][C@@H]1OC(C)(C)O[C@H]1c1ccccc1F. The lowest BCUT2D eigenvalue weighted by Gasteiger charge is -2.17. The Labute approximate surface area is 89.0 Å². The Morgan fingerprint density at radius 1 is 1.27 bits per heavy atom. The van der Waals surface area contributed by atoms with Crippen molar-refractivity contribution in [3.63, 3.8) is 0 Å². The molecule has 1 heterocycles. The Kier molecular flexibility index (Phi) is 2.52. The molecule has 0 aromatic heterocycles. The number of hydrogen-bond donors (Lipinski definition) is 0. The molecule has 1 fully saturated rings. The Hall–Kier alpha value is -0.930. The van der Waals surface area contributed by atoms with Gasteiger partial charge in [-0.05, 0) is 26.8 Å². The zero-order valence-electron chi connectivity index (χ0n) is 8.87. The molecule has 1 aliphatic rings. The predicted octanol–water partition coefficient (Wildman–Crippen LogP) is 2.85. The fourth-order valence-corrected chi connectivity index (χ4v) is 1.81. The van der Waals surface area contributed by atoms with Gasteiger partial charge in [0.2, 0.25) is 0 Å². The number of hydrogen-bond acceptors (Lipinski definition) is 2. The molecule has 1 aromatic carbocycles. The van der Waals surface area contributed by atoms with Crippen LogP contribution in [0.1, 0.15) is 25.5 Å². The largest absolute Gasteiger partial charge is 0.344 e. The van der Waals surface area contributed by atoms with Crippen LogP contribution in [0.25, 0.3) is 0 Å². The van der Waals surface area contributed by atoms with Crippen molar-refractivity contribution in [2.45, 2.75) is 31.8 Å². The minimum atomic E-state index is -0.695.